The molecule has 0 heterocycles. The highest BCUT2D eigenvalue weighted by molar-refractivity contribution is 5.37. The van der Waals surface area contributed by atoms with E-state index in [1.54, 1.807) is 6.08 Å². The second-order valence-corrected chi connectivity index (χ2v) is 3.64. The van der Waals surface area contributed by atoms with Gasteiger partial charge in [0.1, 0.15) is 5.75 Å². The van der Waals surface area contributed by atoms with Crippen molar-refractivity contribution in [3.8, 4) is 5.75 Å². The molecule has 0 saturated heterocycles. The summed E-state index contributed by atoms with van der Waals surface area (Å²) in [5.74, 6) is 0.801. The summed E-state index contributed by atoms with van der Waals surface area (Å²) in [6.45, 7) is 5.79. The Hall–Kier alpha value is -1.60. The van der Waals surface area contributed by atoms with Crippen LogP contribution in [-0.4, -0.2) is 12.2 Å². The molecule has 1 aromatic rings. The number of nitrogens with zero attached hydrogens (tertiary/aromatic N) is 1. The molecule has 1 aromatic carbocycles. The van der Waals surface area contributed by atoms with Crippen LogP contribution in [0.15, 0.2) is 29.3 Å². The highest BCUT2D eigenvalue weighted by Gasteiger charge is 2.05. The van der Waals surface area contributed by atoms with E-state index in [9.17, 15) is 4.79 Å². The zero-order chi connectivity index (χ0) is 11.3. The maximum atomic E-state index is 10.1. The molecule has 1 rings (SSSR count). The minimum Gasteiger partial charge on any atom is -0.491 e. The molecule has 0 saturated carbocycles. The van der Waals surface area contributed by atoms with Gasteiger partial charge in [-0.2, -0.15) is 4.99 Å². The first-order valence-corrected chi connectivity index (χ1v) is 4.97. The molecule has 3 nitrogen and oxygen atoms in total. The van der Waals surface area contributed by atoms with Crippen LogP contribution < -0.4 is 4.74 Å². The van der Waals surface area contributed by atoms with E-state index >= 15 is 0 Å². The van der Waals surface area contributed by atoms with Gasteiger partial charge in [0.25, 0.3) is 0 Å². The van der Waals surface area contributed by atoms with Gasteiger partial charge in [-0.3, -0.25) is 0 Å². The smallest absolute Gasteiger partial charge is 0.235 e. The summed E-state index contributed by atoms with van der Waals surface area (Å²) >= 11 is 0. The summed E-state index contributed by atoms with van der Waals surface area (Å²) in [7, 11) is 0. The monoisotopic (exact) mass is 205 g/mol. The summed E-state index contributed by atoms with van der Waals surface area (Å²) in [6, 6.07) is 7.42. The summed E-state index contributed by atoms with van der Waals surface area (Å²) in [5.41, 5.74) is 0.955. The third kappa shape index (κ3) is 3.56. The van der Waals surface area contributed by atoms with Crippen molar-refractivity contribution in [1.29, 1.82) is 0 Å². The van der Waals surface area contributed by atoms with Crippen LogP contribution in [0.5, 0.6) is 5.75 Å². The molecule has 1 atom stereocenters. The van der Waals surface area contributed by atoms with Gasteiger partial charge in [-0.25, -0.2) is 4.79 Å². The van der Waals surface area contributed by atoms with E-state index in [-0.39, 0.29) is 12.1 Å². The SMILES string of the molecule is CC(C)Oc1cccc(C(C)N=C=O)c1. The topological polar surface area (TPSA) is 38.7 Å². The van der Waals surface area contributed by atoms with E-state index in [4.69, 9.17) is 4.74 Å². The van der Waals surface area contributed by atoms with Crippen LogP contribution in [0.4, 0.5) is 0 Å². The average Bonchev–Trinajstić information content (AvgIpc) is 2.17. The van der Waals surface area contributed by atoms with Crippen molar-refractivity contribution in [2.75, 3.05) is 0 Å². The van der Waals surface area contributed by atoms with E-state index in [1.165, 1.54) is 0 Å². The Morgan fingerprint density at radius 1 is 1.33 bits per heavy atom. The molecule has 0 aliphatic carbocycles. The van der Waals surface area contributed by atoms with Gasteiger partial charge in [-0.05, 0) is 38.5 Å². The number of hydrogen-bond donors (Lipinski definition) is 0. The van der Waals surface area contributed by atoms with Crippen LogP contribution in [0, 0.1) is 0 Å². The van der Waals surface area contributed by atoms with Gasteiger partial charge in [-0.1, -0.05) is 12.1 Å². The molecule has 0 fully saturated rings. The molecule has 0 aliphatic rings. The third-order valence-electron chi connectivity index (χ3n) is 1.96. The molecule has 0 spiro atoms. The Morgan fingerprint density at radius 2 is 2.07 bits per heavy atom. The van der Waals surface area contributed by atoms with Crippen LogP contribution in [0.3, 0.4) is 0 Å². The number of ether oxygens (including phenoxy) is 1. The summed E-state index contributed by atoms with van der Waals surface area (Å²) < 4.78 is 5.54. The van der Waals surface area contributed by atoms with Gasteiger partial charge >= 0.3 is 0 Å². The lowest BCUT2D eigenvalue weighted by atomic mass is 10.1. The van der Waals surface area contributed by atoms with Crippen LogP contribution in [0.25, 0.3) is 0 Å². The van der Waals surface area contributed by atoms with Crippen LogP contribution >= 0.6 is 0 Å². The zero-order valence-electron chi connectivity index (χ0n) is 9.23. The van der Waals surface area contributed by atoms with E-state index in [1.807, 2.05) is 45.0 Å². The standard InChI is InChI=1S/C12H15NO2/c1-9(2)15-12-6-4-5-11(7-12)10(3)13-8-14/h4-7,9-10H,1-3H3. The van der Waals surface area contributed by atoms with Crippen molar-refractivity contribution < 1.29 is 9.53 Å². The maximum Gasteiger partial charge on any atom is 0.235 e. The Kier molecular flexibility index (Phi) is 4.07. The highest BCUT2D eigenvalue weighted by atomic mass is 16.5. The van der Waals surface area contributed by atoms with Gasteiger partial charge in [0.2, 0.25) is 6.08 Å². The van der Waals surface area contributed by atoms with Crippen LogP contribution in [-0.2, 0) is 4.79 Å². The quantitative estimate of drug-likeness (QED) is 0.560. The number of carbonyl (C=O) groups excluding carboxylic acids is 1. The number of isocyanates is 1. The largest absolute Gasteiger partial charge is 0.491 e. The summed E-state index contributed by atoms with van der Waals surface area (Å²) in [4.78, 5) is 13.8. The molecule has 1 unspecified atom stereocenters. The molecule has 3 heteroatoms. The predicted octanol–water partition coefficient (Wildman–Crippen LogP) is 2.87. The molecule has 0 radical (unpaired) electrons. The third-order valence-corrected chi connectivity index (χ3v) is 1.96. The van der Waals surface area contributed by atoms with Gasteiger partial charge < -0.3 is 4.74 Å². The van der Waals surface area contributed by atoms with Crippen LogP contribution in [0.1, 0.15) is 32.4 Å². The van der Waals surface area contributed by atoms with Crippen molar-refractivity contribution in [2.45, 2.75) is 32.9 Å². The van der Waals surface area contributed by atoms with Crippen molar-refractivity contribution in [3.05, 3.63) is 29.8 Å². The first-order valence-electron chi connectivity index (χ1n) is 4.97. The number of hydrogen-bond acceptors (Lipinski definition) is 3. The molecule has 15 heavy (non-hydrogen) atoms. The molecule has 0 amide bonds. The number of aliphatic imine (C=N–C) groups is 1. The molecule has 80 valence electrons. The average molecular weight is 205 g/mol. The lowest BCUT2D eigenvalue weighted by Crippen LogP contribution is -2.05. The second-order valence-electron chi connectivity index (χ2n) is 3.64. The number of rotatable bonds is 4. The van der Waals surface area contributed by atoms with E-state index in [0.717, 1.165) is 11.3 Å². The highest BCUT2D eigenvalue weighted by Crippen LogP contribution is 2.21. The van der Waals surface area contributed by atoms with Gasteiger partial charge in [0, 0.05) is 0 Å². The molecule has 0 aliphatic heterocycles. The normalized spacial score (nSPS) is 12.0. The molecule has 0 aromatic heterocycles. The fourth-order valence-corrected chi connectivity index (χ4v) is 1.27. The van der Waals surface area contributed by atoms with E-state index in [2.05, 4.69) is 4.99 Å². The fraction of sp³-hybridized carbons (Fsp3) is 0.417. The Labute approximate surface area is 89.8 Å². The van der Waals surface area contributed by atoms with Crippen molar-refractivity contribution in [1.82, 2.24) is 0 Å². The lowest BCUT2D eigenvalue weighted by molar-refractivity contribution is 0.242. The minimum atomic E-state index is -0.168. The summed E-state index contributed by atoms with van der Waals surface area (Å²) in [5, 5.41) is 0. The second kappa shape index (κ2) is 5.32. The van der Waals surface area contributed by atoms with Crippen molar-refractivity contribution in [2.24, 2.45) is 4.99 Å². The van der Waals surface area contributed by atoms with E-state index in [0.29, 0.717) is 0 Å². The lowest BCUT2D eigenvalue weighted by Gasteiger charge is -2.11. The minimum absolute atomic E-state index is 0.144. The fourth-order valence-electron chi connectivity index (χ4n) is 1.27. The first-order chi connectivity index (χ1) is 7.13. The van der Waals surface area contributed by atoms with Gasteiger partial charge in [0.05, 0.1) is 12.1 Å². The molecule has 0 bridgehead atoms. The Bertz CT molecular complexity index is 368. The Balaban J connectivity index is 2.86. The van der Waals surface area contributed by atoms with E-state index < -0.39 is 0 Å². The molecular formula is C12H15NO2. The number of benzene rings is 1. The van der Waals surface area contributed by atoms with Gasteiger partial charge in [0.15, 0.2) is 0 Å². The predicted molar refractivity (Wildman–Crippen MR) is 58.7 cm³/mol. The first kappa shape index (κ1) is 11.5. The van der Waals surface area contributed by atoms with Gasteiger partial charge in [-0.15, -0.1) is 0 Å². The zero-order valence-corrected chi connectivity index (χ0v) is 9.23. The molecule has 0 N–H and O–H groups in total. The summed E-state index contributed by atoms with van der Waals surface area (Å²) in [6.07, 6.45) is 1.70. The molecular weight excluding hydrogens is 190 g/mol. The van der Waals surface area contributed by atoms with Crippen molar-refractivity contribution in [3.63, 3.8) is 0 Å². The maximum absolute atomic E-state index is 10.1. The van der Waals surface area contributed by atoms with Crippen molar-refractivity contribution >= 4 is 6.08 Å². The Morgan fingerprint density at radius 3 is 2.67 bits per heavy atom. The van der Waals surface area contributed by atoms with Crippen LogP contribution in [0.2, 0.25) is 0 Å².